The van der Waals surface area contributed by atoms with Crippen molar-refractivity contribution >= 4 is 14.6 Å². The molecule has 0 aliphatic carbocycles. The first-order valence-electron chi connectivity index (χ1n) is 11.6. The Morgan fingerprint density at radius 2 is 2.03 bits per heavy atom. The molecule has 0 radical (unpaired) electrons. The third kappa shape index (κ3) is 7.33. The van der Waals surface area contributed by atoms with Gasteiger partial charge in [0.05, 0.1) is 17.8 Å². The van der Waals surface area contributed by atoms with Crippen molar-refractivity contribution < 1.29 is 13.8 Å². The maximum absolute atomic E-state index is 12.5. The van der Waals surface area contributed by atoms with Crippen LogP contribution in [0.3, 0.4) is 0 Å². The lowest BCUT2D eigenvalue weighted by Crippen LogP contribution is -2.36. The number of nitrogens with zero attached hydrogens (tertiary/aromatic N) is 3. The molecule has 2 rings (SSSR count). The minimum absolute atomic E-state index is 0.192. The van der Waals surface area contributed by atoms with Gasteiger partial charge in [-0.05, 0) is 40.5 Å². The van der Waals surface area contributed by atoms with Gasteiger partial charge in [-0.2, -0.15) is 0 Å². The minimum Gasteiger partial charge on any atom is -0.352 e. The lowest BCUT2D eigenvalue weighted by atomic mass is 10.1. The average molecular weight is 481 g/mol. The molecule has 184 valence electrons. The quantitative estimate of drug-likeness (QED) is 0.272. The number of nitrogens with one attached hydrogen (secondary N) is 1. The Labute approximate surface area is 197 Å². The van der Waals surface area contributed by atoms with Gasteiger partial charge in [-0.3, -0.25) is 14.3 Å². The van der Waals surface area contributed by atoms with Gasteiger partial charge in [0.15, 0.2) is 0 Å². The Bertz CT molecular complexity index is 928. The molecule has 0 amide bonds. The van der Waals surface area contributed by atoms with Crippen molar-refractivity contribution in [2.75, 3.05) is 13.2 Å². The van der Waals surface area contributed by atoms with E-state index in [9.17, 15) is 9.59 Å². The van der Waals surface area contributed by atoms with Crippen LogP contribution in [0.5, 0.6) is 0 Å². The molecule has 10 heteroatoms. The van der Waals surface area contributed by atoms with Crippen LogP contribution in [0.4, 0.5) is 0 Å². The van der Waals surface area contributed by atoms with E-state index in [1.54, 1.807) is 12.3 Å². The van der Waals surface area contributed by atoms with E-state index in [-0.39, 0.29) is 30.8 Å². The maximum atomic E-state index is 12.5. The summed E-state index contributed by atoms with van der Waals surface area (Å²) in [6, 6.07) is 0.383. The summed E-state index contributed by atoms with van der Waals surface area (Å²) in [7, 11) is -1.42. The van der Waals surface area contributed by atoms with E-state index in [1.165, 1.54) is 4.57 Å². The van der Waals surface area contributed by atoms with E-state index in [0.717, 1.165) is 6.42 Å². The molecule has 0 bridgehead atoms. The van der Waals surface area contributed by atoms with Gasteiger partial charge >= 0.3 is 5.69 Å². The molecule has 0 spiro atoms. The highest BCUT2D eigenvalue weighted by Crippen LogP contribution is 2.50. The number of hydrogen-bond donors (Lipinski definition) is 1. The number of aromatic amines is 1. The smallest absolute Gasteiger partial charge is 0.330 e. The van der Waals surface area contributed by atoms with E-state index in [4.69, 9.17) is 20.4 Å². The lowest BCUT2D eigenvalue weighted by Gasteiger charge is -2.37. The molecular formula is C23H37N4O5P. The standard InChI is InChI=1S/C23H37N4O5P/c1-8-10-11-18-15-26(23(29)25-22(18)28)21-14-20(19(9-2)31-21)32-33(30-13-12-24-7)27(16(3)4)17(5)6/h10-11,15-17,19-21H,8-9,12-14H2,1-6H3,(H,25,28,29)/b11-10+/t19-,20?,21-,33?/m1/s1. The fourth-order valence-electron chi connectivity index (χ4n) is 3.83. The van der Waals surface area contributed by atoms with Crippen LogP contribution in [0.25, 0.3) is 10.9 Å². The van der Waals surface area contributed by atoms with Crippen LogP contribution in [0, 0.1) is 6.57 Å². The van der Waals surface area contributed by atoms with Crippen LogP contribution in [0.1, 0.15) is 72.6 Å². The summed E-state index contributed by atoms with van der Waals surface area (Å²) >= 11 is 0. The summed E-state index contributed by atoms with van der Waals surface area (Å²) < 4.78 is 22.3. The van der Waals surface area contributed by atoms with Crippen molar-refractivity contribution in [2.24, 2.45) is 0 Å². The number of rotatable bonds is 12. The van der Waals surface area contributed by atoms with E-state index in [0.29, 0.717) is 25.0 Å². The molecule has 0 saturated carbocycles. The van der Waals surface area contributed by atoms with Crippen molar-refractivity contribution in [3.05, 3.63) is 50.1 Å². The molecule has 33 heavy (non-hydrogen) atoms. The van der Waals surface area contributed by atoms with E-state index in [2.05, 4.69) is 42.2 Å². The Hall–Kier alpha value is -1.82. The van der Waals surface area contributed by atoms with Crippen LogP contribution < -0.4 is 11.2 Å². The number of allylic oxidation sites excluding steroid dienone is 1. The van der Waals surface area contributed by atoms with E-state index >= 15 is 0 Å². The molecule has 1 fully saturated rings. The Morgan fingerprint density at radius 3 is 2.61 bits per heavy atom. The predicted octanol–water partition coefficient (Wildman–Crippen LogP) is 4.32. The second-order valence-corrected chi connectivity index (χ2v) is 9.91. The Morgan fingerprint density at radius 1 is 1.33 bits per heavy atom. The summed E-state index contributed by atoms with van der Waals surface area (Å²) in [5, 5.41) is 0. The zero-order valence-electron chi connectivity index (χ0n) is 20.5. The second kappa shape index (κ2) is 13.2. The molecule has 1 saturated heterocycles. The summed E-state index contributed by atoms with van der Waals surface area (Å²) in [4.78, 5) is 30.5. The fourth-order valence-corrected chi connectivity index (χ4v) is 5.58. The molecule has 0 aromatic carbocycles. The third-order valence-corrected chi connectivity index (χ3v) is 7.45. The highest BCUT2D eigenvalue weighted by molar-refractivity contribution is 7.44. The van der Waals surface area contributed by atoms with Crippen molar-refractivity contribution in [3.8, 4) is 0 Å². The molecule has 1 aromatic heterocycles. The molecule has 1 N–H and O–H groups in total. The van der Waals surface area contributed by atoms with Crippen molar-refractivity contribution in [3.63, 3.8) is 0 Å². The average Bonchev–Trinajstić information content (AvgIpc) is 3.15. The topological polar surface area (TPSA) is 90.2 Å². The van der Waals surface area contributed by atoms with Gasteiger partial charge in [0.25, 0.3) is 14.1 Å². The minimum atomic E-state index is -1.42. The van der Waals surface area contributed by atoms with Crippen molar-refractivity contribution in [1.29, 1.82) is 0 Å². The van der Waals surface area contributed by atoms with Crippen LogP contribution in [-0.4, -0.2) is 51.7 Å². The molecule has 2 heterocycles. The first-order valence-corrected chi connectivity index (χ1v) is 12.7. The monoisotopic (exact) mass is 480 g/mol. The maximum Gasteiger partial charge on any atom is 0.330 e. The van der Waals surface area contributed by atoms with Crippen molar-refractivity contribution in [2.45, 2.75) is 91.3 Å². The molecular weight excluding hydrogens is 443 g/mol. The molecule has 4 atom stereocenters. The van der Waals surface area contributed by atoms with Crippen molar-refractivity contribution in [1.82, 2.24) is 14.2 Å². The van der Waals surface area contributed by atoms with Crippen LogP contribution in [-0.2, 0) is 13.8 Å². The Kier molecular flexibility index (Phi) is 10.9. The summed E-state index contributed by atoms with van der Waals surface area (Å²) in [6.07, 6.45) is 6.02. The van der Waals surface area contributed by atoms with Crippen LogP contribution >= 0.6 is 8.53 Å². The highest BCUT2D eigenvalue weighted by Gasteiger charge is 2.40. The van der Waals surface area contributed by atoms with E-state index in [1.807, 2.05) is 19.9 Å². The number of hydrogen-bond acceptors (Lipinski definition) is 6. The number of aromatic nitrogens is 2. The van der Waals surface area contributed by atoms with Gasteiger partial charge in [-0.15, -0.1) is 0 Å². The van der Waals surface area contributed by atoms with Crippen LogP contribution in [0.15, 0.2) is 21.9 Å². The molecule has 1 aliphatic heterocycles. The van der Waals surface area contributed by atoms with Gasteiger partial charge in [0.2, 0.25) is 6.54 Å². The van der Waals surface area contributed by atoms with Gasteiger partial charge in [-0.1, -0.05) is 26.0 Å². The summed E-state index contributed by atoms with van der Waals surface area (Å²) in [5.41, 5.74) is -0.510. The fraction of sp³-hybridized carbons (Fsp3) is 0.696. The summed E-state index contributed by atoms with van der Waals surface area (Å²) in [5.74, 6) is 0. The number of ether oxygens (including phenoxy) is 1. The highest BCUT2D eigenvalue weighted by atomic mass is 31.2. The zero-order chi connectivity index (χ0) is 24.5. The van der Waals surface area contributed by atoms with Gasteiger partial charge in [0, 0.05) is 24.7 Å². The largest absolute Gasteiger partial charge is 0.352 e. The van der Waals surface area contributed by atoms with Crippen LogP contribution in [0.2, 0.25) is 0 Å². The normalized spacial score (nSPS) is 22.0. The molecule has 9 nitrogen and oxygen atoms in total. The summed E-state index contributed by atoms with van der Waals surface area (Å²) in [6.45, 7) is 20.0. The molecule has 2 unspecified atom stereocenters. The third-order valence-electron chi connectivity index (χ3n) is 5.30. The Balaban J connectivity index is 2.29. The lowest BCUT2D eigenvalue weighted by molar-refractivity contribution is -0.0201. The van der Waals surface area contributed by atoms with Gasteiger partial charge in [-0.25, -0.2) is 16.0 Å². The van der Waals surface area contributed by atoms with Gasteiger partial charge < -0.3 is 18.6 Å². The zero-order valence-corrected chi connectivity index (χ0v) is 21.4. The molecule has 1 aromatic rings. The number of H-pyrrole nitrogens is 1. The van der Waals surface area contributed by atoms with E-state index < -0.39 is 26.0 Å². The second-order valence-electron chi connectivity index (χ2n) is 8.50. The predicted molar refractivity (Wildman–Crippen MR) is 131 cm³/mol. The van der Waals surface area contributed by atoms with Gasteiger partial charge in [0.1, 0.15) is 12.8 Å². The molecule has 1 aliphatic rings. The first kappa shape index (κ1) is 27.4. The SMILES string of the molecule is [C-]#[N+]CCOP(OC1C[C@H](n2cc(/C=C/CC)c(=O)[nH]c2=O)O[C@@H]1CC)N(C(C)C)C(C)C. The first-order chi connectivity index (χ1) is 15.7.